The van der Waals surface area contributed by atoms with Crippen molar-refractivity contribution in [2.45, 2.75) is 6.42 Å². The zero-order valence-electron chi connectivity index (χ0n) is 7.70. The molecular formula is C10H13NO3. The number of rotatable bonds is 3. The van der Waals surface area contributed by atoms with Gasteiger partial charge in [0.1, 0.15) is 0 Å². The van der Waals surface area contributed by atoms with Crippen LogP contribution in [0.5, 0.6) is 17.2 Å². The van der Waals surface area contributed by atoms with Crippen molar-refractivity contribution < 1.29 is 15.3 Å². The van der Waals surface area contributed by atoms with Gasteiger partial charge in [-0.25, -0.2) is 0 Å². The second-order valence-corrected chi connectivity index (χ2v) is 2.97. The fourth-order valence-corrected chi connectivity index (χ4v) is 1.16. The fraction of sp³-hybridized carbons (Fsp3) is 0.200. The second-order valence-electron chi connectivity index (χ2n) is 2.97. The number of phenols is 3. The van der Waals surface area contributed by atoms with Crippen LogP contribution in [-0.4, -0.2) is 21.9 Å². The van der Waals surface area contributed by atoms with E-state index in [9.17, 15) is 10.2 Å². The molecule has 0 heterocycles. The summed E-state index contributed by atoms with van der Waals surface area (Å²) in [7, 11) is 0. The molecule has 0 spiro atoms. The molecule has 0 aromatic heterocycles. The largest absolute Gasteiger partial charge is 0.504 e. The van der Waals surface area contributed by atoms with Crippen LogP contribution in [0, 0.1) is 0 Å². The van der Waals surface area contributed by atoms with E-state index in [0.29, 0.717) is 24.1 Å². The maximum Gasteiger partial charge on any atom is 0.200 e. The maximum atomic E-state index is 9.46. The molecule has 4 nitrogen and oxygen atoms in total. The van der Waals surface area contributed by atoms with Gasteiger partial charge < -0.3 is 21.1 Å². The van der Waals surface area contributed by atoms with E-state index in [0.717, 1.165) is 0 Å². The Kier molecular flexibility index (Phi) is 2.99. The van der Waals surface area contributed by atoms with Crippen LogP contribution < -0.4 is 5.73 Å². The van der Waals surface area contributed by atoms with Gasteiger partial charge in [-0.15, -0.1) is 0 Å². The molecule has 0 aliphatic carbocycles. The number of hydrogen-bond donors (Lipinski definition) is 4. The van der Waals surface area contributed by atoms with E-state index >= 15 is 0 Å². The highest BCUT2D eigenvalue weighted by atomic mass is 16.3. The topological polar surface area (TPSA) is 86.7 Å². The summed E-state index contributed by atoms with van der Waals surface area (Å²) in [5.41, 5.74) is 6.36. The number of phenolic OH excluding ortho intramolecular Hbond substituents is 3. The standard InChI is InChI=1S/C10H13NO3/c1-6(4-5-11)7-2-3-8(12)10(14)9(7)13/h2-3,12-14H,1,4-5,11H2. The summed E-state index contributed by atoms with van der Waals surface area (Å²) in [4.78, 5) is 0. The number of hydrogen-bond acceptors (Lipinski definition) is 4. The Balaban J connectivity index is 3.11. The SMILES string of the molecule is C=C(CCN)c1ccc(O)c(O)c1O. The van der Waals surface area contributed by atoms with Crippen molar-refractivity contribution in [2.75, 3.05) is 6.54 Å². The summed E-state index contributed by atoms with van der Waals surface area (Å²) in [6.45, 7) is 4.13. The minimum atomic E-state index is -0.527. The molecule has 1 rings (SSSR count). The predicted octanol–water partition coefficient (Wildman–Crippen LogP) is 1.17. The van der Waals surface area contributed by atoms with E-state index in [1.54, 1.807) is 0 Å². The van der Waals surface area contributed by atoms with Crippen LogP contribution >= 0.6 is 0 Å². The number of benzene rings is 1. The highest BCUT2D eigenvalue weighted by Gasteiger charge is 2.12. The van der Waals surface area contributed by atoms with Crippen LogP contribution in [0.25, 0.3) is 5.57 Å². The lowest BCUT2D eigenvalue weighted by Crippen LogP contribution is -1.99. The summed E-state index contributed by atoms with van der Waals surface area (Å²) in [6.07, 6.45) is 0.526. The summed E-state index contributed by atoms with van der Waals surface area (Å²) < 4.78 is 0. The van der Waals surface area contributed by atoms with Gasteiger partial charge in [0.2, 0.25) is 5.75 Å². The average molecular weight is 195 g/mol. The lowest BCUT2D eigenvalue weighted by Gasteiger charge is -2.09. The van der Waals surface area contributed by atoms with Crippen molar-refractivity contribution in [3.05, 3.63) is 24.3 Å². The lowest BCUT2D eigenvalue weighted by atomic mass is 10.0. The Hall–Kier alpha value is -1.68. The molecule has 0 bridgehead atoms. The molecule has 76 valence electrons. The first-order valence-corrected chi connectivity index (χ1v) is 4.20. The molecule has 0 amide bonds. The fourth-order valence-electron chi connectivity index (χ4n) is 1.16. The first kappa shape index (κ1) is 10.4. The van der Waals surface area contributed by atoms with Gasteiger partial charge in [-0.05, 0) is 30.7 Å². The molecule has 14 heavy (non-hydrogen) atoms. The molecule has 1 aromatic rings. The first-order valence-electron chi connectivity index (χ1n) is 4.20. The van der Waals surface area contributed by atoms with Gasteiger partial charge in [-0.3, -0.25) is 0 Å². The molecular weight excluding hydrogens is 182 g/mol. The van der Waals surface area contributed by atoms with Crippen molar-refractivity contribution in [2.24, 2.45) is 5.73 Å². The van der Waals surface area contributed by atoms with Crippen molar-refractivity contribution in [3.8, 4) is 17.2 Å². The Morgan fingerprint density at radius 1 is 1.21 bits per heavy atom. The van der Waals surface area contributed by atoms with Crippen molar-refractivity contribution in [1.29, 1.82) is 0 Å². The second kappa shape index (κ2) is 4.02. The van der Waals surface area contributed by atoms with E-state index in [4.69, 9.17) is 10.8 Å². The smallest absolute Gasteiger partial charge is 0.200 e. The minimum Gasteiger partial charge on any atom is -0.504 e. The third kappa shape index (κ3) is 1.80. The average Bonchev–Trinajstić information content (AvgIpc) is 2.15. The molecule has 0 atom stereocenters. The van der Waals surface area contributed by atoms with Crippen LogP contribution in [-0.2, 0) is 0 Å². The highest BCUT2D eigenvalue weighted by Crippen LogP contribution is 2.40. The summed E-state index contributed by atoms with van der Waals surface area (Å²) in [5.74, 6) is -1.24. The Morgan fingerprint density at radius 3 is 2.43 bits per heavy atom. The van der Waals surface area contributed by atoms with E-state index in [1.165, 1.54) is 12.1 Å². The van der Waals surface area contributed by atoms with Gasteiger partial charge in [-0.1, -0.05) is 6.58 Å². The van der Waals surface area contributed by atoms with Crippen LogP contribution in [0.15, 0.2) is 18.7 Å². The van der Waals surface area contributed by atoms with Gasteiger partial charge in [-0.2, -0.15) is 0 Å². The minimum absolute atomic E-state index is 0.355. The zero-order valence-corrected chi connectivity index (χ0v) is 7.70. The molecule has 0 aliphatic rings. The van der Waals surface area contributed by atoms with Crippen molar-refractivity contribution in [3.63, 3.8) is 0 Å². The summed E-state index contributed by atoms with van der Waals surface area (Å²) >= 11 is 0. The van der Waals surface area contributed by atoms with Gasteiger partial charge in [0.25, 0.3) is 0 Å². The van der Waals surface area contributed by atoms with Gasteiger partial charge in [0.05, 0.1) is 0 Å². The molecule has 0 aliphatic heterocycles. The van der Waals surface area contributed by atoms with Crippen LogP contribution in [0.2, 0.25) is 0 Å². The highest BCUT2D eigenvalue weighted by molar-refractivity contribution is 5.73. The van der Waals surface area contributed by atoms with E-state index in [2.05, 4.69) is 6.58 Å². The van der Waals surface area contributed by atoms with E-state index in [1.807, 2.05) is 0 Å². The van der Waals surface area contributed by atoms with Gasteiger partial charge >= 0.3 is 0 Å². The maximum absolute atomic E-state index is 9.46. The molecule has 5 N–H and O–H groups in total. The van der Waals surface area contributed by atoms with E-state index in [-0.39, 0.29) is 11.5 Å². The third-order valence-corrected chi connectivity index (χ3v) is 1.96. The molecule has 0 saturated heterocycles. The van der Waals surface area contributed by atoms with Gasteiger partial charge in [0.15, 0.2) is 11.5 Å². The van der Waals surface area contributed by atoms with Crippen LogP contribution in [0.4, 0.5) is 0 Å². The molecule has 0 radical (unpaired) electrons. The molecule has 4 heteroatoms. The Bertz CT molecular complexity index is 361. The van der Waals surface area contributed by atoms with Crippen LogP contribution in [0.3, 0.4) is 0 Å². The normalized spacial score (nSPS) is 10.1. The molecule has 0 unspecified atom stereocenters. The Labute approximate surface area is 81.9 Å². The number of aromatic hydroxyl groups is 3. The van der Waals surface area contributed by atoms with Crippen molar-refractivity contribution in [1.82, 2.24) is 0 Å². The Morgan fingerprint density at radius 2 is 1.86 bits per heavy atom. The molecule has 1 aromatic carbocycles. The summed E-state index contributed by atoms with van der Waals surface area (Å²) in [5, 5.41) is 27.8. The van der Waals surface area contributed by atoms with Crippen molar-refractivity contribution >= 4 is 5.57 Å². The number of nitrogens with two attached hydrogens (primary N) is 1. The predicted molar refractivity (Wildman–Crippen MR) is 54.1 cm³/mol. The third-order valence-electron chi connectivity index (χ3n) is 1.96. The summed E-state index contributed by atoms with van der Waals surface area (Å²) in [6, 6.07) is 2.79. The first-order chi connectivity index (χ1) is 6.57. The van der Waals surface area contributed by atoms with E-state index < -0.39 is 5.75 Å². The monoisotopic (exact) mass is 195 g/mol. The quantitative estimate of drug-likeness (QED) is 0.545. The molecule has 0 saturated carbocycles. The van der Waals surface area contributed by atoms with Crippen LogP contribution in [0.1, 0.15) is 12.0 Å². The lowest BCUT2D eigenvalue weighted by molar-refractivity contribution is 0.367. The van der Waals surface area contributed by atoms with Gasteiger partial charge in [0, 0.05) is 5.56 Å². The zero-order chi connectivity index (χ0) is 10.7. The molecule has 0 fully saturated rings.